The topological polar surface area (TPSA) is 49.4 Å². The summed E-state index contributed by atoms with van der Waals surface area (Å²) in [7, 11) is 0. The normalized spacial score (nSPS) is 16.9. The molecule has 3 rings (SSSR count). The van der Waals surface area contributed by atoms with Crippen molar-refractivity contribution >= 4 is 11.8 Å². The zero-order valence-corrected chi connectivity index (χ0v) is 14.4. The van der Waals surface area contributed by atoms with E-state index in [0.717, 1.165) is 12.8 Å². The number of nitrogens with one attached hydrogen (secondary N) is 1. The zero-order valence-electron chi connectivity index (χ0n) is 14.4. The third kappa shape index (κ3) is 4.92. The predicted molar refractivity (Wildman–Crippen MR) is 98.0 cm³/mol. The van der Waals surface area contributed by atoms with E-state index in [-0.39, 0.29) is 17.7 Å². The van der Waals surface area contributed by atoms with Crippen molar-refractivity contribution < 1.29 is 9.59 Å². The fourth-order valence-electron chi connectivity index (χ4n) is 3.19. The maximum atomic E-state index is 12.3. The molecule has 2 amide bonds. The summed E-state index contributed by atoms with van der Waals surface area (Å²) in [6, 6.07) is 20.2. The summed E-state index contributed by atoms with van der Waals surface area (Å²) in [4.78, 5) is 26.3. The van der Waals surface area contributed by atoms with Crippen LogP contribution in [0, 0.1) is 5.92 Å². The molecular weight excluding hydrogens is 312 g/mol. The number of hydrogen-bond donors (Lipinski definition) is 1. The van der Waals surface area contributed by atoms with Gasteiger partial charge in [-0.05, 0) is 24.0 Å². The molecule has 1 N–H and O–H groups in total. The fourth-order valence-corrected chi connectivity index (χ4v) is 3.19. The Morgan fingerprint density at radius 2 is 1.56 bits per heavy atom. The van der Waals surface area contributed by atoms with Crippen molar-refractivity contribution in [3.63, 3.8) is 0 Å². The van der Waals surface area contributed by atoms with Gasteiger partial charge in [-0.3, -0.25) is 9.59 Å². The maximum Gasteiger partial charge on any atom is 0.225 e. The molecule has 130 valence electrons. The highest BCUT2D eigenvalue weighted by Crippen LogP contribution is 2.18. The average molecular weight is 336 g/mol. The van der Waals surface area contributed by atoms with Crippen LogP contribution in [0.4, 0.5) is 0 Å². The van der Waals surface area contributed by atoms with Crippen LogP contribution in [0.1, 0.15) is 17.5 Å². The molecule has 4 nitrogen and oxygen atoms in total. The zero-order chi connectivity index (χ0) is 17.5. The van der Waals surface area contributed by atoms with Crippen molar-refractivity contribution in [2.45, 2.75) is 19.3 Å². The van der Waals surface area contributed by atoms with Crippen LogP contribution in [0.2, 0.25) is 0 Å². The summed E-state index contributed by atoms with van der Waals surface area (Å²) >= 11 is 0. The van der Waals surface area contributed by atoms with Gasteiger partial charge in [0.1, 0.15) is 0 Å². The van der Waals surface area contributed by atoms with E-state index in [0.29, 0.717) is 26.1 Å². The summed E-state index contributed by atoms with van der Waals surface area (Å²) in [5, 5.41) is 2.97. The van der Waals surface area contributed by atoms with E-state index in [1.165, 1.54) is 11.1 Å². The monoisotopic (exact) mass is 336 g/mol. The van der Waals surface area contributed by atoms with Gasteiger partial charge in [-0.2, -0.15) is 0 Å². The van der Waals surface area contributed by atoms with E-state index >= 15 is 0 Å². The third-order valence-corrected chi connectivity index (χ3v) is 4.65. The Balaban J connectivity index is 1.42. The predicted octanol–water partition coefficient (Wildman–Crippen LogP) is 2.44. The molecule has 4 heteroatoms. The molecule has 0 radical (unpaired) electrons. The first-order valence-corrected chi connectivity index (χ1v) is 8.86. The lowest BCUT2D eigenvalue weighted by molar-refractivity contribution is -0.129. The van der Waals surface area contributed by atoms with Crippen molar-refractivity contribution in [3.8, 4) is 0 Å². The van der Waals surface area contributed by atoms with E-state index in [1.54, 1.807) is 0 Å². The minimum absolute atomic E-state index is 0.00788. The van der Waals surface area contributed by atoms with Gasteiger partial charge in [-0.1, -0.05) is 60.7 Å². The SMILES string of the molecule is O=C(NCCc1ccccc1)[C@H]1CC(=O)N(CCc2ccccc2)C1. The molecular formula is C21H24N2O2. The fraction of sp³-hybridized carbons (Fsp3) is 0.333. The third-order valence-electron chi connectivity index (χ3n) is 4.65. The lowest BCUT2D eigenvalue weighted by Gasteiger charge is -2.16. The molecule has 1 fully saturated rings. The Morgan fingerprint density at radius 3 is 2.20 bits per heavy atom. The maximum absolute atomic E-state index is 12.3. The van der Waals surface area contributed by atoms with Crippen LogP contribution in [-0.2, 0) is 22.4 Å². The van der Waals surface area contributed by atoms with E-state index in [4.69, 9.17) is 0 Å². The van der Waals surface area contributed by atoms with Crippen LogP contribution in [0.15, 0.2) is 60.7 Å². The largest absolute Gasteiger partial charge is 0.355 e. The molecule has 0 spiro atoms. The van der Waals surface area contributed by atoms with E-state index < -0.39 is 0 Å². The van der Waals surface area contributed by atoms with Gasteiger partial charge in [0, 0.05) is 26.1 Å². The number of hydrogen-bond acceptors (Lipinski definition) is 2. The molecule has 1 aliphatic rings. The highest BCUT2D eigenvalue weighted by Gasteiger charge is 2.33. The van der Waals surface area contributed by atoms with Crippen LogP contribution in [-0.4, -0.2) is 36.3 Å². The van der Waals surface area contributed by atoms with E-state index in [2.05, 4.69) is 29.6 Å². The van der Waals surface area contributed by atoms with Gasteiger partial charge in [-0.25, -0.2) is 0 Å². The van der Waals surface area contributed by atoms with Crippen molar-refractivity contribution in [3.05, 3.63) is 71.8 Å². The smallest absolute Gasteiger partial charge is 0.225 e. The summed E-state index contributed by atoms with van der Waals surface area (Å²) in [5.41, 5.74) is 2.42. The highest BCUT2D eigenvalue weighted by atomic mass is 16.2. The second-order valence-corrected chi connectivity index (χ2v) is 6.50. The van der Waals surface area contributed by atoms with E-state index in [9.17, 15) is 9.59 Å². The number of benzene rings is 2. The van der Waals surface area contributed by atoms with Crippen molar-refractivity contribution in [2.24, 2.45) is 5.92 Å². The molecule has 0 aliphatic carbocycles. The molecule has 1 aliphatic heterocycles. The van der Waals surface area contributed by atoms with Gasteiger partial charge >= 0.3 is 0 Å². The number of rotatable bonds is 7. The van der Waals surface area contributed by atoms with Crippen LogP contribution >= 0.6 is 0 Å². The standard InChI is InChI=1S/C21H24N2O2/c24-20-15-19(16-23(20)14-12-18-9-5-2-6-10-18)21(25)22-13-11-17-7-3-1-4-8-17/h1-10,19H,11-16H2,(H,22,25)/t19-/m0/s1. The van der Waals surface area contributed by atoms with Crippen LogP contribution in [0.3, 0.4) is 0 Å². The Bertz CT molecular complexity index is 700. The molecule has 1 atom stereocenters. The Morgan fingerprint density at radius 1 is 0.960 bits per heavy atom. The first kappa shape index (κ1) is 17.2. The highest BCUT2D eigenvalue weighted by molar-refractivity contribution is 5.89. The molecule has 0 bridgehead atoms. The van der Waals surface area contributed by atoms with Crippen LogP contribution in [0.5, 0.6) is 0 Å². The van der Waals surface area contributed by atoms with Gasteiger partial charge in [0.2, 0.25) is 11.8 Å². The number of likely N-dealkylation sites (tertiary alicyclic amines) is 1. The molecule has 0 saturated carbocycles. The summed E-state index contributed by atoms with van der Waals surface area (Å²) in [6.45, 7) is 1.82. The molecule has 25 heavy (non-hydrogen) atoms. The Labute approximate surface area is 148 Å². The molecule has 1 saturated heterocycles. The summed E-state index contributed by atoms with van der Waals surface area (Å²) in [6.07, 6.45) is 1.96. The lowest BCUT2D eigenvalue weighted by atomic mass is 10.1. The number of amides is 2. The lowest BCUT2D eigenvalue weighted by Crippen LogP contribution is -2.34. The van der Waals surface area contributed by atoms with Crippen LogP contribution < -0.4 is 5.32 Å². The van der Waals surface area contributed by atoms with Gasteiger partial charge in [0.15, 0.2) is 0 Å². The molecule has 2 aromatic rings. The second-order valence-electron chi connectivity index (χ2n) is 6.50. The van der Waals surface area contributed by atoms with Gasteiger partial charge in [0.25, 0.3) is 0 Å². The second kappa shape index (κ2) is 8.47. The molecule has 0 unspecified atom stereocenters. The first-order valence-electron chi connectivity index (χ1n) is 8.86. The van der Waals surface area contributed by atoms with Crippen molar-refractivity contribution in [2.75, 3.05) is 19.6 Å². The minimum Gasteiger partial charge on any atom is -0.355 e. The van der Waals surface area contributed by atoms with E-state index in [1.807, 2.05) is 41.3 Å². The number of carbonyl (C=O) groups excluding carboxylic acids is 2. The minimum atomic E-state index is -0.223. The van der Waals surface area contributed by atoms with Gasteiger partial charge in [-0.15, -0.1) is 0 Å². The summed E-state index contributed by atoms with van der Waals surface area (Å²) in [5.74, 6) is -0.148. The molecule has 2 aromatic carbocycles. The quantitative estimate of drug-likeness (QED) is 0.844. The average Bonchev–Trinajstić information content (AvgIpc) is 3.02. The van der Waals surface area contributed by atoms with Crippen molar-refractivity contribution in [1.29, 1.82) is 0 Å². The first-order chi connectivity index (χ1) is 12.2. The van der Waals surface area contributed by atoms with Gasteiger partial charge in [0.05, 0.1) is 5.92 Å². The van der Waals surface area contributed by atoms with Crippen molar-refractivity contribution in [1.82, 2.24) is 10.2 Å². The number of carbonyl (C=O) groups is 2. The molecule has 1 heterocycles. The Kier molecular flexibility index (Phi) is 5.83. The number of nitrogens with zero attached hydrogens (tertiary/aromatic N) is 1. The Hall–Kier alpha value is -2.62. The summed E-state index contributed by atoms with van der Waals surface area (Å²) < 4.78 is 0. The van der Waals surface area contributed by atoms with Crippen LogP contribution in [0.25, 0.3) is 0 Å². The van der Waals surface area contributed by atoms with Gasteiger partial charge < -0.3 is 10.2 Å². The molecule has 0 aromatic heterocycles.